The molecule has 0 spiro atoms. The van der Waals surface area contributed by atoms with Crippen LogP contribution in [0.3, 0.4) is 0 Å². The minimum absolute atomic E-state index is 0.131. The van der Waals surface area contributed by atoms with Crippen LogP contribution < -0.4 is 5.32 Å². The van der Waals surface area contributed by atoms with Gasteiger partial charge in [0.1, 0.15) is 6.04 Å². The molecule has 1 amide bonds. The van der Waals surface area contributed by atoms with E-state index < -0.39 is 12.0 Å². The van der Waals surface area contributed by atoms with Crippen LogP contribution in [0, 0.1) is 5.92 Å². The average Bonchev–Trinajstić information content (AvgIpc) is 3.15. The molecule has 3 N–H and O–H groups in total. The Bertz CT molecular complexity index is 974. The molecule has 3 aromatic rings. The number of nitrogens with one attached hydrogen (secondary N) is 2. The molecule has 7 heteroatoms. The number of carbonyl (C=O) groups excluding carboxylic acids is 1. The minimum atomic E-state index is -1.03. The predicted octanol–water partition coefficient (Wildman–Crippen LogP) is 1.82. The molecule has 1 fully saturated rings. The number of rotatable bonds is 6. The SMILES string of the molecule is Cn1cc([C@H]2C[C@@H]2C(=O)N[C@H](Cc2c[nH]c3ccccc23)C(=O)O)cn1. The van der Waals surface area contributed by atoms with Crippen LogP contribution in [-0.4, -0.2) is 37.8 Å². The lowest BCUT2D eigenvalue weighted by Gasteiger charge is -2.14. The third-order valence-corrected chi connectivity index (χ3v) is 4.99. The van der Waals surface area contributed by atoms with Gasteiger partial charge in [-0.15, -0.1) is 0 Å². The van der Waals surface area contributed by atoms with Crippen molar-refractivity contribution in [3.8, 4) is 0 Å². The van der Waals surface area contributed by atoms with Crippen LogP contribution in [0.15, 0.2) is 42.9 Å². The third-order valence-electron chi connectivity index (χ3n) is 4.99. The Kier molecular flexibility index (Phi) is 3.99. The Morgan fingerprint density at radius 2 is 2.23 bits per heavy atom. The Morgan fingerprint density at radius 1 is 1.42 bits per heavy atom. The number of nitrogens with zero attached hydrogens (tertiary/aromatic N) is 2. The lowest BCUT2D eigenvalue weighted by Crippen LogP contribution is -2.43. The summed E-state index contributed by atoms with van der Waals surface area (Å²) in [5, 5.41) is 17.4. The molecule has 0 bridgehead atoms. The molecule has 0 radical (unpaired) electrons. The van der Waals surface area contributed by atoms with Crippen molar-refractivity contribution in [1.82, 2.24) is 20.1 Å². The second-order valence-electron chi connectivity index (χ2n) is 6.86. The van der Waals surface area contributed by atoms with Gasteiger partial charge in [0.25, 0.3) is 0 Å². The number of aryl methyl sites for hydroxylation is 1. The molecule has 3 atom stereocenters. The van der Waals surface area contributed by atoms with Gasteiger partial charge in [-0.05, 0) is 29.5 Å². The summed E-state index contributed by atoms with van der Waals surface area (Å²) in [5.74, 6) is -1.27. The van der Waals surface area contributed by atoms with Gasteiger partial charge in [-0.25, -0.2) is 4.79 Å². The van der Waals surface area contributed by atoms with E-state index in [0.29, 0.717) is 0 Å². The van der Waals surface area contributed by atoms with Gasteiger partial charge in [0.2, 0.25) is 5.91 Å². The van der Waals surface area contributed by atoms with Crippen LogP contribution in [0.2, 0.25) is 0 Å². The summed E-state index contributed by atoms with van der Waals surface area (Å²) in [7, 11) is 1.84. The van der Waals surface area contributed by atoms with Gasteiger partial charge in [0.15, 0.2) is 0 Å². The summed E-state index contributed by atoms with van der Waals surface area (Å²) in [4.78, 5) is 27.3. The van der Waals surface area contributed by atoms with Gasteiger partial charge >= 0.3 is 5.97 Å². The molecule has 7 nitrogen and oxygen atoms in total. The highest BCUT2D eigenvalue weighted by molar-refractivity contribution is 5.89. The van der Waals surface area contributed by atoms with Crippen LogP contribution in [0.25, 0.3) is 10.9 Å². The first kappa shape index (κ1) is 16.4. The number of carboxylic acid groups (broad SMARTS) is 1. The van der Waals surface area contributed by atoms with E-state index in [4.69, 9.17) is 0 Å². The highest BCUT2D eigenvalue weighted by atomic mass is 16.4. The van der Waals surface area contributed by atoms with Crippen molar-refractivity contribution < 1.29 is 14.7 Å². The number of carbonyl (C=O) groups is 2. The van der Waals surface area contributed by atoms with E-state index >= 15 is 0 Å². The number of hydrogen-bond donors (Lipinski definition) is 3. The number of para-hydroxylation sites is 1. The Morgan fingerprint density at radius 3 is 2.96 bits per heavy atom. The van der Waals surface area contributed by atoms with E-state index in [9.17, 15) is 14.7 Å². The lowest BCUT2D eigenvalue weighted by atomic mass is 10.0. The zero-order valence-corrected chi connectivity index (χ0v) is 14.3. The van der Waals surface area contributed by atoms with Crippen molar-refractivity contribution in [2.45, 2.75) is 24.8 Å². The molecular weight excluding hydrogens is 332 g/mol. The Balaban J connectivity index is 1.44. The van der Waals surface area contributed by atoms with Gasteiger partial charge in [0.05, 0.1) is 6.20 Å². The highest BCUT2D eigenvalue weighted by Gasteiger charge is 2.45. The zero-order valence-electron chi connectivity index (χ0n) is 14.3. The number of H-pyrrole nitrogens is 1. The number of aromatic nitrogens is 3. The first-order chi connectivity index (χ1) is 12.5. The van der Waals surface area contributed by atoms with Crippen molar-refractivity contribution >= 4 is 22.8 Å². The van der Waals surface area contributed by atoms with Crippen molar-refractivity contribution in [2.24, 2.45) is 13.0 Å². The standard InChI is InChI=1S/C19H20N4O3/c1-23-10-12(9-21-23)14-7-15(14)18(24)22-17(19(25)26)6-11-8-20-16-5-3-2-4-13(11)16/h2-5,8-10,14-15,17,20H,6-7H2,1H3,(H,22,24)(H,25,26)/t14-,15+,17-/m1/s1. The Hall–Kier alpha value is -3.09. The molecule has 0 saturated heterocycles. The zero-order chi connectivity index (χ0) is 18.3. The summed E-state index contributed by atoms with van der Waals surface area (Å²) < 4.78 is 1.71. The molecule has 26 heavy (non-hydrogen) atoms. The summed E-state index contributed by atoms with van der Waals surface area (Å²) in [6, 6.07) is 6.77. The maximum absolute atomic E-state index is 12.5. The maximum Gasteiger partial charge on any atom is 0.326 e. The Labute approximate surface area is 150 Å². The van der Waals surface area contributed by atoms with Crippen LogP contribution in [0.4, 0.5) is 0 Å². The first-order valence-electron chi connectivity index (χ1n) is 8.59. The normalized spacial score (nSPS) is 20.0. The van der Waals surface area contributed by atoms with Crippen LogP contribution in [-0.2, 0) is 23.1 Å². The summed E-state index contributed by atoms with van der Waals surface area (Å²) >= 11 is 0. The third kappa shape index (κ3) is 3.08. The molecule has 4 rings (SSSR count). The van der Waals surface area contributed by atoms with E-state index in [1.807, 2.05) is 43.7 Å². The van der Waals surface area contributed by atoms with E-state index in [2.05, 4.69) is 15.4 Å². The molecule has 1 aliphatic carbocycles. The topological polar surface area (TPSA) is 100 Å². The second-order valence-corrected chi connectivity index (χ2v) is 6.86. The smallest absolute Gasteiger partial charge is 0.326 e. The van der Waals surface area contributed by atoms with Gasteiger partial charge in [-0.2, -0.15) is 5.10 Å². The molecule has 0 aliphatic heterocycles. The molecule has 1 aliphatic rings. The fourth-order valence-corrected chi connectivity index (χ4v) is 3.48. The van der Waals surface area contributed by atoms with Crippen molar-refractivity contribution in [3.05, 3.63) is 54.0 Å². The first-order valence-corrected chi connectivity index (χ1v) is 8.59. The van der Waals surface area contributed by atoms with E-state index in [-0.39, 0.29) is 24.2 Å². The van der Waals surface area contributed by atoms with Gasteiger partial charge < -0.3 is 15.4 Å². The van der Waals surface area contributed by atoms with Crippen molar-refractivity contribution in [1.29, 1.82) is 0 Å². The minimum Gasteiger partial charge on any atom is -0.480 e. The monoisotopic (exact) mass is 352 g/mol. The number of amides is 1. The van der Waals surface area contributed by atoms with E-state index in [0.717, 1.165) is 28.5 Å². The highest BCUT2D eigenvalue weighted by Crippen LogP contribution is 2.47. The molecule has 1 aromatic carbocycles. The number of carboxylic acids is 1. The average molecular weight is 352 g/mol. The summed E-state index contributed by atoms with van der Waals surface area (Å²) in [6.07, 6.45) is 6.45. The van der Waals surface area contributed by atoms with E-state index in [1.54, 1.807) is 10.9 Å². The molecular formula is C19H20N4O3. The lowest BCUT2D eigenvalue weighted by molar-refractivity contribution is -0.142. The van der Waals surface area contributed by atoms with Gasteiger partial charge in [-0.3, -0.25) is 9.48 Å². The summed E-state index contributed by atoms with van der Waals surface area (Å²) in [5.41, 5.74) is 2.86. The second kappa shape index (κ2) is 6.33. The molecule has 2 aromatic heterocycles. The number of benzene rings is 1. The molecule has 0 unspecified atom stereocenters. The van der Waals surface area contributed by atoms with E-state index in [1.165, 1.54) is 0 Å². The maximum atomic E-state index is 12.5. The predicted molar refractivity (Wildman–Crippen MR) is 95.6 cm³/mol. The van der Waals surface area contributed by atoms with Crippen LogP contribution in [0.1, 0.15) is 23.5 Å². The van der Waals surface area contributed by atoms with Crippen LogP contribution in [0.5, 0.6) is 0 Å². The van der Waals surface area contributed by atoms with Crippen LogP contribution >= 0.6 is 0 Å². The largest absolute Gasteiger partial charge is 0.480 e. The number of aliphatic carboxylic acids is 1. The number of aromatic amines is 1. The number of hydrogen-bond acceptors (Lipinski definition) is 3. The molecule has 134 valence electrons. The van der Waals surface area contributed by atoms with Crippen molar-refractivity contribution in [3.63, 3.8) is 0 Å². The van der Waals surface area contributed by atoms with Gasteiger partial charge in [0, 0.05) is 42.7 Å². The number of fused-ring (bicyclic) bond motifs is 1. The summed E-state index contributed by atoms with van der Waals surface area (Å²) in [6.45, 7) is 0. The molecule has 1 saturated carbocycles. The fourth-order valence-electron chi connectivity index (χ4n) is 3.48. The van der Waals surface area contributed by atoms with Crippen molar-refractivity contribution in [2.75, 3.05) is 0 Å². The quantitative estimate of drug-likeness (QED) is 0.630. The molecule has 2 heterocycles. The fraction of sp³-hybridized carbons (Fsp3) is 0.316. The van der Waals surface area contributed by atoms with Gasteiger partial charge in [-0.1, -0.05) is 18.2 Å².